The Labute approximate surface area is 153 Å². The monoisotopic (exact) mass is 337 g/mol. The minimum absolute atomic E-state index is 0.392. The molecule has 2 rings (SSSR count). The molecule has 134 valence electrons. The maximum Gasteiger partial charge on any atom is 0.0912 e. The summed E-state index contributed by atoms with van der Waals surface area (Å²) in [4.78, 5) is 0. The van der Waals surface area contributed by atoms with E-state index in [-0.39, 0.29) is 0 Å². The maximum atomic E-state index is 8.47. The number of nitrogens with zero attached hydrogens (tertiary/aromatic N) is 1. The van der Waals surface area contributed by atoms with Crippen LogP contribution in [0.5, 0.6) is 0 Å². The van der Waals surface area contributed by atoms with Gasteiger partial charge in [0.25, 0.3) is 0 Å². The third-order valence-electron chi connectivity index (χ3n) is 4.96. The molecular weight excluding hydrogens is 306 g/mol. The lowest BCUT2D eigenvalue weighted by Gasteiger charge is -2.26. The van der Waals surface area contributed by atoms with E-state index >= 15 is 0 Å². The number of rotatable bonds is 9. The van der Waals surface area contributed by atoms with E-state index in [0.29, 0.717) is 12.0 Å². The molecule has 1 aliphatic rings. The van der Waals surface area contributed by atoms with Gasteiger partial charge in [0.15, 0.2) is 0 Å². The van der Waals surface area contributed by atoms with Crippen molar-refractivity contribution >= 4 is 0 Å². The summed E-state index contributed by atoms with van der Waals surface area (Å²) in [7, 11) is 0. The van der Waals surface area contributed by atoms with Crippen molar-refractivity contribution in [3.05, 3.63) is 59.7 Å². The number of hydrogen-bond acceptors (Lipinski definition) is 2. The lowest BCUT2D eigenvalue weighted by atomic mass is 9.87. The van der Waals surface area contributed by atoms with Crippen LogP contribution in [0.2, 0.25) is 0 Å². The van der Waals surface area contributed by atoms with Gasteiger partial charge >= 0.3 is 0 Å². The fourth-order valence-corrected chi connectivity index (χ4v) is 3.36. The van der Waals surface area contributed by atoms with Gasteiger partial charge in [-0.1, -0.05) is 62.3 Å². The Morgan fingerprint density at radius 1 is 1.04 bits per heavy atom. The molecule has 0 aliphatic heterocycles. The number of hydrogen-bond donors (Lipinski definition) is 0. The standard InChI is InChI=1S/C23H31NO/c1-2-3-5-8-20-10-12-22(13-11-20)19-25-23-16-14-21(15-17-23)9-6-4-7-18-24/h4,6-7,9-13,21,23H,2-3,5,8,14-17,19H2,1H3/t21-,23-. The Morgan fingerprint density at radius 3 is 2.44 bits per heavy atom. The Kier molecular flexibility index (Phi) is 9.08. The quantitative estimate of drug-likeness (QED) is 0.308. The number of benzene rings is 1. The molecule has 1 saturated carbocycles. The van der Waals surface area contributed by atoms with Crippen molar-refractivity contribution in [2.24, 2.45) is 5.92 Å². The third kappa shape index (κ3) is 7.71. The summed E-state index contributed by atoms with van der Waals surface area (Å²) in [6, 6.07) is 11.0. The molecule has 0 aromatic heterocycles. The van der Waals surface area contributed by atoms with Crippen molar-refractivity contribution in [1.29, 1.82) is 5.26 Å². The summed E-state index contributed by atoms with van der Waals surface area (Å²) in [5, 5.41) is 8.47. The first-order valence-corrected chi connectivity index (χ1v) is 9.74. The van der Waals surface area contributed by atoms with Gasteiger partial charge in [0.2, 0.25) is 0 Å². The summed E-state index contributed by atoms with van der Waals surface area (Å²) < 4.78 is 6.12. The van der Waals surface area contributed by atoms with E-state index in [9.17, 15) is 0 Å². The van der Waals surface area contributed by atoms with Gasteiger partial charge in [-0.2, -0.15) is 5.26 Å². The molecule has 1 aromatic carbocycles. The van der Waals surface area contributed by atoms with E-state index in [0.717, 1.165) is 19.4 Å². The first-order valence-electron chi connectivity index (χ1n) is 9.74. The van der Waals surface area contributed by atoms with E-state index in [1.807, 2.05) is 18.2 Å². The molecule has 2 heteroatoms. The van der Waals surface area contributed by atoms with Crippen LogP contribution in [0.4, 0.5) is 0 Å². The molecule has 0 amide bonds. The van der Waals surface area contributed by atoms with Crippen LogP contribution in [-0.4, -0.2) is 6.10 Å². The normalized spacial score (nSPS) is 21.0. The highest BCUT2D eigenvalue weighted by Crippen LogP contribution is 2.27. The molecule has 0 bridgehead atoms. The molecule has 0 unspecified atom stereocenters. The SMILES string of the molecule is CCCCCc1ccc(CO[C@H]2CC[C@H](C=CC=CC#N)CC2)cc1. The zero-order valence-electron chi connectivity index (χ0n) is 15.5. The number of unbranched alkanes of at least 4 members (excludes halogenated alkanes) is 2. The molecule has 0 heterocycles. The highest BCUT2D eigenvalue weighted by atomic mass is 16.5. The predicted octanol–water partition coefficient (Wildman–Crippen LogP) is 6.13. The topological polar surface area (TPSA) is 33.0 Å². The Morgan fingerprint density at radius 2 is 1.76 bits per heavy atom. The molecule has 1 fully saturated rings. The highest BCUT2D eigenvalue weighted by Gasteiger charge is 2.19. The summed E-state index contributed by atoms with van der Waals surface area (Å²) in [5.41, 5.74) is 2.72. The van der Waals surface area contributed by atoms with Crippen LogP contribution >= 0.6 is 0 Å². The summed E-state index contributed by atoms with van der Waals surface area (Å²) in [6.07, 6.45) is 17.6. The Bertz CT molecular complexity index is 571. The Balaban J connectivity index is 1.66. The average Bonchev–Trinajstić information content (AvgIpc) is 2.66. The van der Waals surface area contributed by atoms with Crippen molar-refractivity contribution in [1.82, 2.24) is 0 Å². The van der Waals surface area contributed by atoms with Gasteiger partial charge < -0.3 is 4.74 Å². The third-order valence-corrected chi connectivity index (χ3v) is 4.96. The summed E-state index contributed by atoms with van der Waals surface area (Å²) in [6.45, 7) is 2.97. The zero-order chi connectivity index (χ0) is 17.7. The van der Waals surface area contributed by atoms with E-state index in [2.05, 4.69) is 37.3 Å². The second-order valence-electron chi connectivity index (χ2n) is 6.99. The molecule has 0 spiro atoms. The van der Waals surface area contributed by atoms with E-state index in [1.165, 1.54) is 55.7 Å². The molecule has 0 saturated heterocycles. The molecule has 25 heavy (non-hydrogen) atoms. The van der Waals surface area contributed by atoms with Crippen molar-refractivity contribution in [3.8, 4) is 6.07 Å². The largest absolute Gasteiger partial charge is 0.374 e. The average molecular weight is 338 g/mol. The fraction of sp³-hybridized carbons (Fsp3) is 0.522. The minimum Gasteiger partial charge on any atom is -0.374 e. The van der Waals surface area contributed by atoms with Gasteiger partial charge in [-0.05, 0) is 55.6 Å². The smallest absolute Gasteiger partial charge is 0.0912 e. The minimum atomic E-state index is 0.392. The Hall–Kier alpha value is -1.85. The summed E-state index contributed by atoms with van der Waals surface area (Å²) in [5.74, 6) is 0.630. The number of allylic oxidation sites excluding steroid dienone is 4. The second-order valence-corrected chi connectivity index (χ2v) is 6.99. The van der Waals surface area contributed by atoms with Crippen LogP contribution in [0.3, 0.4) is 0 Å². The lowest BCUT2D eigenvalue weighted by molar-refractivity contribution is 0.0110. The second kappa shape index (κ2) is 11.7. The van der Waals surface area contributed by atoms with Gasteiger partial charge in [-0.25, -0.2) is 0 Å². The molecule has 1 aromatic rings. The van der Waals surface area contributed by atoms with Crippen LogP contribution in [0.1, 0.15) is 63.0 Å². The first-order chi connectivity index (χ1) is 12.3. The zero-order valence-corrected chi connectivity index (χ0v) is 15.5. The first kappa shape index (κ1) is 19.5. The molecular formula is C23H31NO. The van der Waals surface area contributed by atoms with Gasteiger partial charge in [-0.3, -0.25) is 0 Å². The van der Waals surface area contributed by atoms with Crippen molar-refractivity contribution in [3.63, 3.8) is 0 Å². The van der Waals surface area contributed by atoms with Gasteiger partial charge in [-0.15, -0.1) is 0 Å². The molecule has 0 radical (unpaired) electrons. The van der Waals surface area contributed by atoms with E-state index in [1.54, 1.807) is 0 Å². The van der Waals surface area contributed by atoms with E-state index < -0.39 is 0 Å². The lowest BCUT2D eigenvalue weighted by Crippen LogP contribution is -2.20. The summed E-state index contributed by atoms with van der Waals surface area (Å²) >= 11 is 0. The number of nitriles is 1. The van der Waals surface area contributed by atoms with Gasteiger partial charge in [0.1, 0.15) is 0 Å². The van der Waals surface area contributed by atoms with Crippen molar-refractivity contribution < 1.29 is 4.74 Å². The van der Waals surface area contributed by atoms with Crippen molar-refractivity contribution in [2.75, 3.05) is 0 Å². The highest BCUT2D eigenvalue weighted by molar-refractivity contribution is 5.22. The molecule has 2 nitrogen and oxygen atoms in total. The van der Waals surface area contributed by atoms with Crippen LogP contribution in [0.25, 0.3) is 0 Å². The fourth-order valence-electron chi connectivity index (χ4n) is 3.36. The number of aryl methyl sites for hydroxylation is 1. The van der Waals surface area contributed by atoms with Gasteiger partial charge in [0, 0.05) is 6.08 Å². The van der Waals surface area contributed by atoms with Crippen LogP contribution in [-0.2, 0) is 17.8 Å². The maximum absolute atomic E-state index is 8.47. The van der Waals surface area contributed by atoms with Gasteiger partial charge in [0.05, 0.1) is 18.8 Å². The van der Waals surface area contributed by atoms with Crippen LogP contribution < -0.4 is 0 Å². The molecule has 0 N–H and O–H groups in total. The van der Waals surface area contributed by atoms with Crippen LogP contribution in [0.15, 0.2) is 48.6 Å². The molecule has 1 aliphatic carbocycles. The molecule has 0 atom stereocenters. The predicted molar refractivity (Wildman–Crippen MR) is 104 cm³/mol. The van der Waals surface area contributed by atoms with Crippen molar-refractivity contribution in [2.45, 2.75) is 71.0 Å². The number of ether oxygens (including phenoxy) is 1. The van der Waals surface area contributed by atoms with Crippen LogP contribution in [0, 0.1) is 17.2 Å². The van der Waals surface area contributed by atoms with E-state index in [4.69, 9.17) is 10.00 Å².